The van der Waals surface area contributed by atoms with Gasteiger partial charge in [-0.15, -0.1) is 0 Å². The van der Waals surface area contributed by atoms with E-state index in [4.69, 9.17) is 0 Å². The van der Waals surface area contributed by atoms with E-state index < -0.39 is 0 Å². The number of benzene rings is 3. The van der Waals surface area contributed by atoms with Crippen molar-refractivity contribution in [2.24, 2.45) is 0 Å². The van der Waals surface area contributed by atoms with E-state index in [0.29, 0.717) is 0 Å². The van der Waals surface area contributed by atoms with Gasteiger partial charge in [-0.25, -0.2) is 0 Å². The molecule has 0 amide bonds. The first-order valence-electron chi connectivity index (χ1n) is 13.2. The molecule has 3 aromatic rings. The topological polar surface area (TPSA) is 31.5 Å². The third kappa shape index (κ3) is 10.00. The van der Waals surface area contributed by atoms with Crippen molar-refractivity contribution in [1.29, 1.82) is 0 Å². The maximum Gasteiger partial charge on any atom is 0.0279 e. The fourth-order valence-corrected chi connectivity index (χ4v) is 3.91. The van der Waals surface area contributed by atoms with E-state index in [1.54, 1.807) is 0 Å². The van der Waals surface area contributed by atoms with Crippen molar-refractivity contribution >= 4 is 6.08 Å². The van der Waals surface area contributed by atoms with Crippen LogP contribution in [0.5, 0.6) is 0 Å². The predicted octanol–water partition coefficient (Wildman–Crippen LogP) is 8.30. The molecule has 1 heteroatoms. The van der Waals surface area contributed by atoms with Crippen molar-refractivity contribution in [2.45, 2.75) is 72.1 Å². The van der Waals surface area contributed by atoms with E-state index >= 15 is 0 Å². The Morgan fingerprint density at radius 3 is 1.89 bits per heavy atom. The first kappa shape index (κ1) is 28.7. The summed E-state index contributed by atoms with van der Waals surface area (Å²) in [6.45, 7) is 6.59. The lowest BCUT2D eigenvalue weighted by Crippen LogP contribution is -1.87. The molecule has 0 aromatic heterocycles. The molecule has 0 spiro atoms. The highest BCUT2D eigenvalue weighted by Crippen LogP contribution is 2.12. The van der Waals surface area contributed by atoms with Crippen LogP contribution in [0.2, 0.25) is 0 Å². The fraction of sp³-hybridized carbons (Fsp3) is 0.314. The molecular formula is C35H40O. The van der Waals surface area contributed by atoms with Crippen molar-refractivity contribution in [2.75, 3.05) is 0 Å². The van der Waals surface area contributed by atoms with Gasteiger partial charge in [-0.05, 0) is 91.8 Å². The van der Waals surface area contributed by atoms with Gasteiger partial charge in [0.25, 0.3) is 0 Å². The summed E-state index contributed by atoms with van der Waals surface area (Å²) in [5.74, 6) is 13.2. The summed E-state index contributed by atoms with van der Waals surface area (Å²) in [4.78, 5) is 0. The third-order valence-electron chi connectivity index (χ3n) is 6.14. The minimum Gasteiger partial charge on any atom is -0.412 e. The predicted molar refractivity (Wildman–Crippen MR) is 156 cm³/mol. The van der Waals surface area contributed by atoms with Crippen LogP contribution in [0.1, 0.15) is 97.7 Å². The second-order valence-corrected chi connectivity index (χ2v) is 9.20. The lowest BCUT2D eigenvalue weighted by atomic mass is 10.0. The van der Waals surface area contributed by atoms with Gasteiger partial charge in [-0.2, -0.15) is 0 Å². The molecule has 0 fully saturated rings. The number of allylic oxidation sites excluding steroid dienone is 1. The van der Waals surface area contributed by atoms with Crippen LogP contribution in [-0.4, -0.2) is 5.48 Å². The van der Waals surface area contributed by atoms with Gasteiger partial charge in [0.1, 0.15) is 0 Å². The molecule has 0 aliphatic rings. The average Bonchev–Trinajstić information content (AvgIpc) is 2.88. The largest absolute Gasteiger partial charge is 0.412 e. The Balaban J connectivity index is 0.00000456. The van der Waals surface area contributed by atoms with Gasteiger partial charge in [-0.1, -0.05) is 99.6 Å². The Hall–Kier alpha value is -3.52. The Kier molecular flexibility index (Phi) is 12.9. The van der Waals surface area contributed by atoms with E-state index in [1.807, 2.05) is 0 Å². The van der Waals surface area contributed by atoms with Gasteiger partial charge >= 0.3 is 0 Å². The zero-order chi connectivity index (χ0) is 24.7. The molecule has 0 bridgehead atoms. The summed E-state index contributed by atoms with van der Waals surface area (Å²) in [6, 6.07) is 23.4. The quantitative estimate of drug-likeness (QED) is 0.220. The number of hydrogen-bond acceptors (Lipinski definition) is 0. The summed E-state index contributed by atoms with van der Waals surface area (Å²) < 4.78 is 0. The number of aryl methyl sites for hydroxylation is 2. The number of hydrogen-bond donors (Lipinski definition) is 0. The Labute approximate surface area is 219 Å². The maximum atomic E-state index is 3.33. The van der Waals surface area contributed by atoms with Gasteiger partial charge in [0.15, 0.2) is 0 Å². The van der Waals surface area contributed by atoms with Gasteiger partial charge < -0.3 is 5.48 Å². The highest BCUT2D eigenvalue weighted by molar-refractivity contribution is 5.54. The van der Waals surface area contributed by atoms with Crippen LogP contribution in [0.4, 0.5) is 0 Å². The molecule has 3 aromatic carbocycles. The lowest BCUT2D eigenvalue weighted by molar-refractivity contribution is 0.717. The number of rotatable bonds is 9. The molecule has 36 heavy (non-hydrogen) atoms. The molecule has 0 aliphatic carbocycles. The van der Waals surface area contributed by atoms with Crippen molar-refractivity contribution < 1.29 is 5.48 Å². The Morgan fingerprint density at radius 1 is 0.639 bits per heavy atom. The molecule has 2 N–H and O–H groups in total. The van der Waals surface area contributed by atoms with Gasteiger partial charge in [0.05, 0.1) is 0 Å². The molecule has 0 saturated carbocycles. The zero-order valence-corrected chi connectivity index (χ0v) is 22.2. The molecule has 186 valence electrons. The van der Waals surface area contributed by atoms with E-state index in [-0.39, 0.29) is 5.48 Å². The molecule has 0 atom stereocenters. The second-order valence-electron chi connectivity index (χ2n) is 9.20. The van der Waals surface area contributed by atoms with Crippen molar-refractivity contribution in [1.82, 2.24) is 0 Å². The molecule has 0 unspecified atom stereocenters. The Bertz CT molecular complexity index is 1210. The molecule has 0 heterocycles. The average molecular weight is 477 g/mol. The van der Waals surface area contributed by atoms with Crippen LogP contribution in [0.3, 0.4) is 0 Å². The second kappa shape index (κ2) is 16.2. The monoisotopic (exact) mass is 476 g/mol. The van der Waals surface area contributed by atoms with Gasteiger partial charge in [0.2, 0.25) is 0 Å². The lowest BCUT2D eigenvalue weighted by Gasteiger charge is -2.01. The minimum absolute atomic E-state index is 0. The maximum absolute atomic E-state index is 3.33. The van der Waals surface area contributed by atoms with E-state index in [0.717, 1.165) is 40.7 Å². The normalized spacial score (nSPS) is 10.2. The third-order valence-corrected chi connectivity index (χ3v) is 6.14. The minimum atomic E-state index is 0. The fourth-order valence-electron chi connectivity index (χ4n) is 3.91. The van der Waals surface area contributed by atoms with Gasteiger partial charge in [-0.3, -0.25) is 0 Å². The van der Waals surface area contributed by atoms with E-state index in [2.05, 4.69) is 123 Å². The summed E-state index contributed by atoms with van der Waals surface area (Å²) in [7, 11) is 0. The summed E-state index contributed by atoms with van der Waals surface area (Å²) >= 11 is 0. The molecule has 0 saturated heterocycles. The van der Waals surface area contributed by atoms with Crippen molar-refractivity contribution in [3.8, 4) is 23.7 Å². The van der Waals surface area contributed by atoms with Crippen LogP contribution in [0.15, 0.2) is 72.8 Å². The summed E-state index contributed by atoms with van der Waals surface area (Å²) in [5.41, 5.74) is 7.96. The zero-order valence-electron chi connectivity index (χ0n) is 22.2. The molecule has 3 rings (SSSR count). The summed E-state index contributed by atoms with van der Waals surface area (Å²) in [6.07, 6.45) is 14.4. The van der Waals surface area contributed by atoms with E-state index in [9.17, 15) is 0 Å². The highest BCUT2D eigenvalue weighted by atomic mass is 16.0. The van der Waals surface area contributed by atoms with Crippen LogP contribution in [-0.2, 0) is 6.42 Å². The highest BCUT2D eigenvalue weighted by Gasteiger charge is 1.97. The Morgan fingerprint density at radius 2 is 1.22 bits per heavy atom. The summed E-state index contributed by atoms with van der Waals surface area (Å²) in [5, 5.41) is 0. The van der Waals surface area contributed by atoms with Crippen molar-refractivity contribution in [3.05, 3.63) is 112 Å². The standard InChI is InChI=1S/C35H38.H2O/c1-4-6-8-9-11-13-31-14-18-32(19-15-31)22-23-34-25-27-35(29(3)28-34)26-24-33-20-16-30(17-21-33)12-10-7-5-2;/h11,13-21,25,27-28H,4-10,12H2,1-3H3;1H2/b13-11+;. The SMILES string of the molecule is CCCCC/C=C/c1ccc(C#Cc2ccc(C#Cc3ccc(CCCCC)cc3)c(C)c2)cc1.O. The van der Waals surface area contributed by atoms with Crippen LogP contribution >= 0.6 is 0 Å². The van der Waals surface area contributed by atoms with Crippen LogP contribution in [0.25, 0.3) is 6.08 Å². The van der Waals surface area contributed by atoms with Crippen LogP contribution in [0, 0.1) is 30.6 Å². The smallest absolute Gasteiger partial charge is 0.0279 e. The molecular weight excluding hydrogens is 436 g/mol. The van der Waals surface area contributed by atoms with Crippen LogP contribution < -0.4 is 0 Å². The molecule has 1 nitrogen and oxygen atoms in total. The van der Waals surface area contributed by atoms with Gasteiger partial charge in [0, 0.05) is 22.3 Å². The van der Waals surface area contributed by atoms with Crippen molar-refractivity contribution in [3.63, 3.8) is 0 Å². The molecule has 0 aliphatic heterocycles. The first-order chi connectivity index (χ1) is 17.2. The molecule has 0 radical (unpaired) electrons. The first-order valence-corrected chi connectivity index (χ1v) is 13.2. The number of unbranched alkanes of at least 4 members (excludes halogenated alkanes) is 5. The van der Waals surface area contributed by atoms with E-state index in [1.165, 1.54) is 49.7 Å².